The fourth-order valence-electron chi connectivity index (χ4n) is 3.64. The highest BCUT2D eigenvalue weighted by atomic mass is 35.5. The number of aryl methyl sites for hydroxylation is 1. The summed E-state index contributed by atoms with van der Waals surface area (Å²) in [5.41, 5.74) is 4.34. The van der Waals surface area contributed by atoms with Gasteiger partial charge >= 0.3 is 5.97 Å². The third kappa shape index (κ3) is 3.97. The average Bonchev–Trinajstić information content (AvgIpc) is 3.22. The molecule has 0 radical (unpaired) electrons. The molecular formula is C24H19ClN2O4S. The number of aromatic nitrogens is 1. The maximum absolute atomic E-state index is 13.0. The van der Waals surface area contributed by atoms with Crippen molar-refractivity contribution in [3.63, 3.8) is 0 Å². The summed E-state index contributed by atoms with van der Waals surface area (Å²) in [4.78, 5) is 38.9. The van der Waals surface area contributed by atoms with Crippen LogP contribution in [0.4, 0.5) is 10.5 Å². The Morgan fingerprint density at radius 3 is 2.44 bits per heavy atom. The van der Waals surface area contributed by atoms with Crippen LogP contribution in [0.25, 0.3) is 11.8 Å². The van der Waals surface area contributed by atoms with Gasteiger partial charge < -0.3 is 9.30 Å². The first-order valence-electron chi connectivity index (χ1n) is 9.71. The number of imide groups is 1. The Kier molecular flexibility index (Phi) is 5.95. The molecular weight excluding hydrogens is 448 g/mol. The third-order valence-electron chi connectivity index (χ3n) is 5.16. The minimum absolute atomic E-state index is 0.341. The van der Waals surface area contributed by atoms with Crippen molar-refractivity contribution in [3.8, 4) is 5.69 Å². The van der Waals surface area contributed by atoms with Gasteiger partial charge in [-0.25, -0.2) is 9.69 Å². The first-order chi connectivity index (χ1) is 15.3. The zero-order chi connectivity index (χ0) is 23.0. The maximum atomic E-state index is 13.0. The van der Waals surface area contributed by atoms with Crippen LogP contribution in [0.1, 0.15) is 27.3 Å². The Morgan fingerprint density at radius 2 is 1.75 bits per heavy atom. The Labute approximate surface area is 194 Å². The lowest BCUT2D eigenvalue weighted by atomic mass is 10.2. The fraction of sp³-hybridized carbons (Fsp3) is 0.125. The molecule has 1 aromatic heterocycles. The molecule has 1 fully saturated rings. The monoisotopic (exact) mass is 466 g/mol. The summed E-state index contributed by atoms with van der Waals surface area (Å²) in [6.45, 7) is 3.86. The molecule has 0 bridgehead atoms. The van der Waals surface area contributed by atoms with Crippen LogP contribution in [0.15, 0.2) is 59.5 Å². The number of amides is 2. The molecule has 0 N–H and O–H groups in total. The Hall–Kier alpha value is -3.29. The summed E-state index contributed by atoms with van der Waals surface area (Å²) >= 11 is 6.81. The van der Waals surface area contributed by atoms with Crippen LogP contribution in [0.3, 0.4) is 0 Å². The summed E-state index contributed by atoms with van der Waals surface area (Å²) < 4.78 is 6.80. The lowest BCUT2D eigenvalue weighted by Gasteiger charge is -2.12. The summed E-state index contributed by atoms with van der Waals surface area (Å²) in [7, 11) is 1.34. The highest BCUT2D eigenvalue weighted by Gasteiger charge is 2.36. The van der Waals surface area contributed by atoms with E-state index in [1.807, 2.05) is 30.5 Å². The molecule has 2 amide bonds. The molecule has 0 atom stereocenters. The highest BCUT2D eigenvalue weighted by molar-refractivity contribution is 8.19. The molecule has 0 unspecified atom stereocenters. The number of anilines is 1. The summed E-state index contributed by atoms with van der Waals surface area (Å²) in [6, 6.07) is 15.6. The van der Waals surface area contributed by atoms with Crippen LogP contribution in [-0.4, -0.2) is 28.8 Å². The van der Waals surface area contributed by atoms with Gasteiger partial charge in [-0.05, 0) is 85.8 Å². The van der Waals surface area contributed by atoms with Crippen LogP contribution in [0.2, 0.25) is 5.02 Å². The lowest BCUT2D eigenvalue weighted by molar-refractivity contribution is -0.113. The number of hydrogen-bond donors (Lipinski definition) is 0. The molecule has 1 aliphatic rings. The minimum Gasteiger partial charge on any atom is -0.465 e. The number of nitrogens with zero attached hydrogens (tertiary/aromatic N) is 2. The number of ether oxygens (including phenoxy) is 1. The molecule has 162 valence electrons. The van der Waals surface area contributed by atoms with Crippen molar-refractivity contribution in [1.29, 1.82) is 0 Å². The van der Waals surface area contributed by atoms with Gasteiger partial charge in [0, 0.05) is 22.1 Å². The van der Waals surface area contributed by atoms with Gasteiger partial charge in [0.1, 0.15) is 0 Å². The first kappa shape index (κ1) is 21.9. The van der Waals surface area contributed by atoms with E-state index in [0.717, 1.165) is 39.3 Å². The molecule has 8 heteroatoms. The Balaban J connectivity index is 1.69. The van der Waals surface area contributed by atoms with Crippen molar-refractivity contribution in [2.75, 3.05) is 12.0 Å². The van der Waals surface area contributed by atoms with E-state index in [1.165, 1.54) is 7.11 Å². The van der Waals surface area contributed by atoms with Gasteiger partial charge in [-0.1, -0.05) is 17.7 Å². The smallest absolute Gasteiger partial charge is 0.337 e. The van der Waals surface area contributed by atoms with Gasteiger partial charge in [-0.2, -0.15) is 0 Å². The van der Waals surface area contributed by atoms with Crippen LogP contribution in [-0.2, 0) is 9.53 Å². The van der Waals surface area contributed by atoms with Crippen molar-refractivity contribution in [3.05, 3.63) is 87.0 Å². The van der Waals surface area contributed by atoms with E-state index >= 15 is 0 Å². The molecule has 1 aliphatic heterocycles. The predicted molar refractivity (Wildman–Crippen MR) is 126 cm³/mol. The van der Waals surface area contributed by atoms with Gasteiger partial charge in [-0.3, -0.25) is 9.59 Å². The molecule has 1 saturated heterocycles. The van der Waals surface area contributed by atoms with Gasteiger partial charge in [0.15, 0.2) is 0 Å². The van der Waals surface area contributed by atoms with E-state index < -0.39 is 5.97 Å². The number of carbonyl (C=O) groups excluding carboxylic acids is 3. The summed E-state index contributed by atoms with van der Waals surface area (Å²) in [5, 5.41) is 0.170. The number of carbonyl (C=O) groups is 3. The average molecular weight is 467 g/mol. The molecule has 0 saturated carbocycles. The molecule has 0 spiro atoms. The second-order valence-electron chi connectivity index (χ2n) is 7.20. The number of rotatable bonds is 4. The fourth-order valence-corrected chi connectivity index (χ4v) is 4.60. The van der Waals surface area contributed by atoms with Gasteiger partial charge in [0.25, 0.3) is 11.1 Å². The normalized spacial score (nSPS) is 15.0. The molecule has 6 nitrogen and oxygen atoms in total. The SMILES string of the molecule is COC(=O)c1cccc(-n2c(C)cc(/C=C3\SC(=O)N(c4ccc(Cl)cc4)C3=O)c2C)c1. The van der Waals surface area contributed by atoms with Crippen molar-refractivity contribution in [1.82, 2.24) is 4.57 Å². The maximum Gasteiger partial charge on any atom is 0.337 e. The van der Waals surface area contributed by atoms with Crippen molar-refractivity contribution in [2.24, 2.45) is 0 Å². The zero-order valence-corrected chi connectivity index (χ0v) is 19.2. The van der Waals surface area contributed by atoms with Gasteiger partial charge in [0.05, 0.1) is 23.3 Å². The van der Waals surface area contributed by atoms with Crippen molar-refractivity contribution in [2.45, 2.75) is 13.8 Å². The van der Waals surface area contributed by atoms with E-state index in [4.69, 9.17) is 16.3 Å². The van der Waals surface area contributed by atoms with E-state index in [9.17, 15) is 14.4 Å². The van der Waals surface area contributed by atoms with E-state index in [2.05, 4.69) is 0 Å². The van der Waals surface area contributed by atoms with E-state index in [0.29, 0.717) is 21.2 Å². The summed E-state index contributed by atoms with van der Waals surface area (Å²) in [6.07, 6.45) is 1.73. The van der Waals surface area contributed by atoms with Crippen LogP contribution < -0.4 is 4.90 Å². The predicted octanol–water partition coefficient (Wildman–Crippen LogP) is 5.78. The quantitative estimate of drug-likeness (QED) is 0.360. The number of thioether (sulfide) groups is 1. The molecule has 2 heterocycles. The van der Waals surface area contributed by atoms with Crippen LogP contribution >= 0.6 is 23.4 Å². The Bertz CT molecular complexity index is 1280. The lowest BCUT2D eigenvalue weighted by Crippen LogP contribution is -2.27. The molecule has 0 aliphatic carbocycles. The molecule has 2 aromatic carbocycles. The van der Waals surface area contributed by atoms with Crippen LogP contribution in [0.5, 0.6) is 0 Å². The number of halogens is 1. The highest BCUT2D eigenvalue weighted by Crippen LogP contribution is 2.37. The molecule has 4 rings (SSSR count). The van der Waals surface area contributed by atoms with Crippen molar-refractivity contribution >= 4 is 52.2 Å². The first-order valence-corrected chi connectivity index (χ1v) is 10.9. The van der Waals surface area contributed by atoms with Crippen LogP contribution in [0, 0.1) is 13.8 Å². The van der Waals surface area contributed by atoms with Gasteiger partial charge in [-0.15, -0.1) is 0 Å². The second-order valence-corrected chi connectivity index (χ2v) is 8.63. The Morgan fingerprint density at radius 1 is 1.03 bits per heavy atom. The molecule has 3 aromatic rings. The number of esters is 1. The van der Waals surface area contributed by atoms with Gasteiger partial charge in [0.2, 0.25) is 0 Å². The summed E-state index contributed by atoms with van der Waals surface area (Å²) in [5.74, 6) is -0.787. The second kappa shape index (κ2) is 8.68. The number of methoxy groups -OCH3 is 1. The largest absolute Gasteiger partial charge is 0.465 e. The standard InChI is InChI=1S/C24H19ClN2O4S/c1-14-11-17(15(2)26(14)20-6-4-5-16(12-20)23(29)31-3)13-21-22(28)27(24(30)32-21)19-9-7-18(25)8-10-19/h4-13H,1-3H3/b21-13-. The third-order valence-corrected chi connectivity index (χ3v) is 6.28. The van der Waals surface area contributed by atoms with E-state index in [1.54, 1.807) is 48.5 Å². The van der Waals surface area contributed by atoms with Crippen molar-refractivity contribution < 1.29 is 19.1 Å². The number of hydrogen-bond acceptors (Lipinski definition) is 5. The topological polar surface area (TPSA) is 68.6 Å². The number of benzene rings is 2. The zero-order valence-electron chi connectivity index (χ0n) is 17.6. The minimum atomic E-state index is -0.412. The van der Waals surface area contributed by atoms with E-state index in [-0.39, 0.29) is 11.1 Å². The molecule has 32 heavy (non-hydrogen) atoms.